The molecule has 108 valence electrons. The first kappa shape index (κ1) is 14.3. The lowest BCUT2D eigenvalue weighted by Crippen LogP contribution is -2.45. The Morgan fingerprint density at radius 1 is 1.47 bits per heavy atom. The third-order valence-electron chi connectivity index (χ3n) is 3.28. The highest BCUT2D eigenvalue weighted by Gasteiger charge is 2.25. The Morgan fingerprint density at radius 2 is 2.26 bits per heavy atom. The molecular weight excluding hydrogens is 242 g/mol. The lowest BCUT2D eigenvalue weighted by molar-refractivity contribution is 0.0901. The molecule has 5 nitrogen and oxygen atoms in total. The molecule has 19 heavy (non-hydrogen) atoms. The second-order valence-electron chi connectivity index (χ2n) is 6.06. The van der Waals surface area contributed by atoms with Crippen molar-refractivity contribution in [3.63, 3.8) is 0 Å². The smallest absolute Gasteiger partial charge is 0.297 e. The quantitative estimate of drug-likeness (QED) is 0.906. The number of hydrogen-bond acceptors (Lipinski definition) is 5. The first-order valence-electron chi connectivity index (χ1n) is 7.03. The molecule has 0 spiro atoms. The minimum absolute atomic E-state index is 0.0873. The Labute approximate surface area is 115 Å². The average molecular weight is 267 g/mol. The molecule has 1 aromatic heterocycles. The second-order valence-corrected chi connectivity index (χ2v) is 6.06. The molecule has 0 amide bonds. The summed E-state index contributed by atoms with van der Waals surface area (Å²) in [4.78, 5) is 6.79. The summed E-state index contributed by atoms with van der Waals surface area (Å²) in [5.74, 6) is 0. The van der Waals surface area contributed by atoms with Crippen LogP contribution in [0, 0.1) is 0 Å². The van der Waals surface area contributed by atoms with Gasteiger partial charge < -0.3 is 19.4 Å². The van der Waals surface area contributed by atoms with Gasteiger partial charge in [0.1, 0.15) is 6.26 Å². The maximum atomic E-state index is 5.62. The van der Waals surface area contributed by atoms with Gasteiger partial charge in [0.2, 0.25) is 0 Å². The molecule has 0 aliphatic carbocycles. The summed E-state index contributed by atoms with van der Waals surface area (Å²) >= 11 is 0. The van der Waals surface area contributed by atoms with Crippen LogP contribution in [0.15, 0.2) is 10.7 Å². The van der Waals surface area contributed by atoms with Crippen molar-refractivity contribution < 1.29 is 9.15 Å². The van der Waals surface area contributed by atoms with E-state index in [1.807, 2.05) is 0 Å². The predicted molar refractivity (Wildman–Crippen MR) is 75.3 cm³/mol. The predicted octanol–water partition coefficient (Wildman–Crippen LogP) is 2.18. The summed E-state index contributed by atoms with van der Waals surface area (Å²) in [7, 11) is 0. The normalized spacial score (nSPS) is 20.8. The highest BCUT2D eigenvalue weighted by molar-refractivity contribution is 5.29. The van der Waals surface area contributed by atoms with Gasteiger partial charge in [0.05, 0.1) is 24.9 Å². The highest BCUT2D eigenvalue weighted by Crippen LogP contribution is 2.20. The van der Waals surface area contributed by atoms with Crippen LogP contribution in [-0.2, 0) is 11.3 Å². The Kier molecular flexibility index (Phi) is 4.47. The van der Waals surface area contributed by atoms with Crippen molar-refractivity contribution in [1.82, 2.24) is 10.3 Å². The van der Waals surface area contributed by atoms with Crippen LogP contribution in [0.25, 0.3) is 0 Å². The maximum Gasteiger partial charge on any atom is 0.297 e. The van der Waals surface area contributed by atoms with Crippen molar-refractivity contribution in [3.05, 3.63) is 12.0 Å². The number of anilines is 1. The van der Waals surface area contributed by atoms with Crippen molar-refractivity contribution in [3.8, 4) is 0 Å². The van der Waals surface area contributed by atoms with E-state index in [-0.39, 0.29) is 5.54 Å². The van der Waals surface area contributed by atoms with Crippen molar-refractivity contribution in [2.45, 2.75) is 52.2 Å². The van der Waals surface area contributed by atoms with Crippen molar-refractivity contribution in [2.24, 2.45) is 0 Å². The van der Waals surface area contributed by atoms with Crippen LogP contribution in [0.3, 0.4) is 0 Å². The minimum atomic E-state index is 0.0873. The van der Waals surface area contributed by atoms with E-state index in [0.29, 0.717) is 6.04 Å². The van der Waals surface area contributed by atoms with Crippen LogP contribution >= 0.6 is 0 Å². The number of oxazole rings is 1. The van der Waals surface area contributed by atoms with Crippen LogP contribution in [0.5, 0.6) is 0 Å². The van der Waals surface area contributed by atoms with Gasteiger partial charge in [0.25, 0.3) is 6.01 Å². The molecule has 1 saturated heterocycles. The number of hydrogen-bond donors (Lipinski definition) is 1. The van der Waals surface area contributed by atoms with E-state index in [1.54, 1.807) is 6.26 Å². The molecular formula is C14H25N3O2. The summed E-state index contributed by atoms with van der Waals surface area (Å²) in [5, 5.41) is 3.41. The lowest BCUT2D eigenvalue weighted by atomic mass is 10.1. The van der Waals surface area contributed by atoms with Gasteiger partial charge in [-0.25, -0.2) is 0 Å². The molecule has 1 fully saturated rings. The zero-order chi connectivity index (χ0) is 13.9. The van der Waals surface area contributed by atoms with E-state index in [2.05, 4.69) is 42.9 Å². The van der Waals surface area contributed by atoms with Crippen LogP contribution in [-0.4, -0.2) is 36.3 Å². The van der Waals surface area contributed by atoms with Gasteiger partial charge in [-0.15, -0.1) is 0 Å². The Bertz CT molecular complexity index is 398. The molecule has 0 saturated carbocycles. The largest absolute Gasteiger partial charge is 0.432 e. The molecule has 1 aromatic rings. The van der Waals surface area contributed by atoms with Gasteiger partial charge in [-0.1, -0.05) is 6.92 Å². The van der Waals surface area contributed by atoms with Gasteiger partial charge in [-0.3, -0.25) is 0 Å². The number of nitrogens with one attached hydrogen (secondary N) is 1. The zero-order valence-corrected chi connectivity index (χ0v) is 12.4. The zero-order valence-electron chi connectivity index (χ0n) is 12.4. The van der Waals surface area contributed by atoms with Crippen molar-refractivity contribution in [2.75, 3.05) is 24.7 Å². The number of aromatic nitrogens is 1. The summed E-state index contributed by atoms with van der Waals surface area (Å²) in [6.45, 7) is 11.7. The van der Waals surface area contributed by atoms with E-state index in [0.717, 1.165) is 44.4 Å². The summed E-state index contributed by atoms with van der Waals surface area (Å²) in [6, 6.07) is 1.09. The second kappa shape index (κ2) is 5.92. The van der Waals surface area contributed by atoms with Crippen LogP contribution in [0.2, 0.25) is 0 Å². The fourth-order valence-electron chi connectivity index (χ4n) is 2.11. The van der Waals surface area contributed by atoms with E-state index in [1.165, 1.54) is 0 Å². The summed E-state index contributed by atoms with van der Waals surface area (Å²) < 4.78 is 11.1. The Balaban J connectivity index is 1.99. The fraction of sp³-hybridized carbons (Fsp3) is 0.786. The average Bonchev–Trinajstić information content (AvgIpc) is 2.84. The van der Waals surface area contributed by atoms with Crippen LogP contribution in [0.4, 0.5) is 6.01 Å². The lowest BCUT2D eigenvalue weighted by Gasteiger charge is -2.33. The van der Waals surface area contributed by atoms with Gasteiger partial charge in [-0.2, -0.15) is 4.98 Å². The van der Waals surface area contributed by atoms with Crippen LogP contribution in [0.1, 0.15) is 39.8 Å². The topological polar surface area (TPSA) is 50.5 Å². The first-order valence-corrected chi connectivity index (χ1v) is 7.03. The Morgan fingerprint density at radius 3 is 2.95 bits per heavy atom. The number of nitrogens with zero attached hydrogens (tertiary/aromatic N) is 2. The van der Waals surface area contributed by atoms with Crippen molar-refractivity contribution >= 4 is 6.01 Å². The monoisotopic (exact) mass is 267 g/mol. The number of rotatable bonds is 4. The number of ether oxygens (including phenoxy) is 1. The molecule has 1 aliphatic heterocycles. The van der Waals surface area contributed by atoms with Gasteiger partial charge >= 0.3 is 0 Å². The number of morpholine rings is 1. The Hall–Kier alpha value is -1.07. The SMILES string of the molecule is CCC1COCCN1c1nc(CNC(C)(C)C)co1. The van der Waals surface area contributed by atoms with Gasteiger partial charge in [-0.05, 0) is 27.2 Å². The molecule has 1 aliphatic rings. The van der Waals surface area contributed by atoms with Crippen molar-refractivity contribution in [1.29, 1.82) is 0 Å². The molecule has 0 radical (unpaired) electrons. The van der Waals surface area contributed by atoms with E-state index in [9.17, 15) is 0 Å². The fourth-order valence-corrected chi connectivity index (χ4v) is 2.11. The summed E-state index contributed by atoms with van der Waals surface area (Å²) in [6.07, 6.45) is 2.79. The molecule has 5 heteroatoms. The van der Waals surface area contributed by atoms with E-state index >= 15 is 0 Å². The molecule has 2 heterocycles. The van der Waals surface area contributed by atoms with E-state index in [4.69, 9.17) is 9.15 Å². The minimum Gasteiger partial charge on any atom is -0.432 e. The standard InChI is InChI=1S/C14H25N3O2/c1-5-12-10-18-7-6-17(12)13-16-11(9-19-13)8-15-14(2,3)4/h9,12,15H,5-8,10H2,1-4H3. The summed E-state index contributed by atoms with van der Waals surface area (Å²) in [5.41, 5.74) is 1.04. The van der Waals surface area contributed by atoms with E-state index < -0.39 is 0 Å². The molecule has 1 N–H and O–H groups in total. The maximum absolute atomic E-state index is 5.62. The van der Waals surface area contributed by atoms with Gasteiger partial charge in [0, 0.05) is 18.6 Å². The molecule has 1 atom stereocenters. The molecule has 1 unspecified atom stereocenters. The van der Waals surface area contributed by atoms with Crippen LogP contribution < -0.4 is 10.2 Å². The third-order valence-corrected chi connectivity index (χ3v) is 3.28. The molecule has 0 aromatic carbocycles. The third kappa shape index (κ3) is 3.94. The van der Waals surface area contributed by atoms with Gasteiger partial charge in [0.15, 0.2) is 0 Å². The first-order chi connectivity index (χ1) is 8.99. The highest BCUT2D eigenvalue weighted by atomic mass is 16.5. The molecule has 0 bridgehead atoms. The molecule has 2 rings (SSSR count).